The van der Waals surface area contributed by atoms with Crippen LogP contribution in [0.2, 0.25) is 0 Å². The Labute approximate surface area is 101 Å². The molecule has 1 rings (SSSR count). The van der Waals surface area contributed by atoms with Gasteiger partial charge in [-0.1, -0.05) is 46.3 Å². The summed E-state index contributed by atoms with van der Waals surface area (Å²) in [6.07, 6.45) is 4.62. The molecule has 0 amide bonds. The van der Waals surface area contributed by atoms with E-state index in [0.29, 0.717) is 0 Å². The number of unbranched alkanes of at least 4 members (excludes halogenated alkanes) is 1. The van der Waals surface area contributed by atoms with E-state index in [9.17, 15) is 0 Å². The van der Waals surface area contributed by atoms with Crippen LogP contribution in [-0.2, 0) is 11.2 Å². The molecule has 0 fully saturated rings. The fourth-order valence-corrected chi connectivity index (χ4v) is 1.82. The van der Waals surface area contributed by atoms with Crippen molar-refractivity contribution in [2.75, 3.05) is 18.5 Å². The minimum absolute atomic E-state index is 0.886. The van der Waals surface area contributed by atoms with Crippen molar-refractivity contribution in [3.05, 3.63) is 35.9 Å². The quantitative estimate of drug-likeness (QED) is 0.516. The molecule has 0 radical (unpaired) electrons. The molecule has 2 heteroatoms. The summed E-state index contributed by atoms with van der Waals surface area (Å²) in [4.78, 5) is 0. The van der Waals surface area contributed by atoms with E-state index in [1.54, 1.807) is 0 Å². The van der Waals surface area contributed by atoms with E-state index in [-0.39, 0.29) is 0 Å². The highest BCUT2D eigenvalue weighted by Gasteiger charge is 1.92. The lowest BCUT2D eigenvalue weighted by atomic mass is 10.1. The fraction of sp³-hybridized carbons (Fsp3) is 0.538. The number of rotatable bonds is 8. The number of benzene rings is 1. The van der Waals surface area contributed by atoms with Crippen molar-refractivity contribution in [3.8, 4) is 0 Å². The first-order valence-corrected chi connectivity index (χ1v) is 6.73. The normalized spacial score (nSPS) is 10.5. The molecule has 84 valence electrons. The molecule has 0 N–H and O–H groups in total. The van der Waals surface area contributed by atoms with Crippen molar-refractivity contribution in [2.24, 2.45) is 0 Å². The SMILES string of the molecule is BrCCCCOCCCc1ccccc1. The summed E-state index contributed by atoms with van der Waals surface area (Å²) in [6, 6.07) is 10.6. The van der Waals surface area contributed by atoms with E-state index < -0.39 is 0 Å². The van der Waals surface area contributed by atoms with E-state index in [1.165, 1.54) is 12.0 Å². The van der Waals surface area contributed by atoms with Crippen molar-refractivity contribution in [1.82, 2.24) is 0 Å². The Bertz CT molecular complexity index is 236. The van der Waals surface area contributed by atoms with Crippen molar-refractivity contribution in [1.29, 1.82) is 0 Å². The Kier molecular flexibility index (Phi) is 7.58. The number of hydrogen-bond acceptors (Lipinski definition) is 1. The predicted octanol–water partition coefficient (Wildman–Crippen LogP) is 3.81. The average molecular weight is 271 g/mol. The zero-order chi connectivity index (χ0) is 10.8. The topological polar surface area (TPSA) is 9.23 Å². The Hall–Kier alpha value is -0.340. The van der Waals surface area contributed by atoms with Gasteiger partial charge in [0.25, 0.3) is 0 Å². The monoisotopic (exact) mass is 270 g/mol. The van der Waals surface area contributed by atoms with Gasteiger partial charge in [-0.3, -0.25) is 0 Å². The molecule has 0 saturated carbocycles. The molecule has 0 saturated heterocycles. The van der Waals surface area contributed by atoms with Crippen LogP contribution in [0.1, 0.15) is 24.8 Å². The van der Waals surface area contributed by atoms with Crippen LogP contribution in [0.25, 0.3) is 0 Å². The van der Waals surface area contributed by atoms with Crippen molar-refractivity contribution >= 4 is 15.9 Å². The van der Waals surface area contributed by atoms with E-state index in [1.807, 2.05) is 0 Å². The fourth-order valence-electron chi connectivity index (χ4n) is 1.42. The largest absolute Gasteiger partial charge is 0.381 e. The molecule has 0 atom stereocenters. The predicted molar refractivity (Wildman–Crippen MR) is 68.6 cm³/mol. The molecular weight excluding hydrogens is 252 g/mol. The van der Waals surface area contributed by atoms with Crippen LogP contribution >= 0.6 is 15.9 Å². The number of ether oxygens (including phenoxy) is 1. The molecule has 0 heterocycles. The Balaban J connectivity index is 1.93. The summed E-state index contributed by atoms with van der Waals surface area (Å²) >= 11 is 3.41. The summed E-state index contributed by atoms with van der Waals surface area (Å²) < 4.78 is 5.54. The average Bonchev–Trinajstić information content (AvgIpc) is 2.29. The highest BCUT2D eigenvalue weighted by molar-refractivity contribution is 9.09. The van der Waals surface area contributed by atoms with Crippen LogP contribution < -0.4 is 0 Å². The Morgan fingerprint density at radius 1 is 0.933 bits per heavy atom. The van der Waals surface area contributed by atoms with Gasteiger partial charge in [0.05, 0.1) is 0 Å². The van der Waals surface area contributed by atoms with E-state index in [0.717, 1.165) is 37.8 Å². The molecule has 0 aliphatic carbocycles. The number of aryl methyl sites for hydroxylation is 1. The molecule has 0 bridgehead atoms. The van der Waals surface area contributed by atoms with Gasteiger partial charge in [-0.2, -0.15) is 0 Å². The summed E-state index contributed by atoms with van der Waals surface area (Å²) in [5.41, 5.74) is 1.40. The second-order valence-corrected chi connectivity index (χ2v) is 4.39. The smallest absolute Gasteiger partial charge is 0.0469 e. The van der Waals surface area contributed by atoms with E-state index >= 15 is 0 Å². The summed E-state index contributed by atoms with van der Waals surface area (Å²) in [5.74, 6) is 0. The first-order valence-electron chi connectivity index (χ1n) is 5.61. The van der Waals surface area contributed by atoms with E-state index in [2.05, 4.69) is 46.3 Å². The molecule has 0 aliphatic heterocycles. The van der Waals surface area contributed by atoms with Crippen LogP contribution in [0.4, 0.5) is 0 Å². The van der Waals surface area contributed by atoms with Crippen molar-refractivity contribution in [3.63, 3.8) is 0 Å². The highest BCUT2D eigenvalue weighted by Crippen LogP contribution is 2.02. The molecule has 1 nitrogen and oxygen atoms in total. The van der Waals surface area contributed by atoms with Crippen LogP contribution in [0.15, 0.2) is 30.3 Å². The van der Waals surface area contributed by atoms with Crippen LogP contribution in [0.5, 0.6) is 0 Å². The third kappa shape index (κ3) is 6.69. The number of alkyl halides is 1. The van der Waals surface area contributed by atoms with Gasteiger partial charge in [-0.05, 0) is 31.2 Å². The van der Waals surface area contributed by atoms with Gasteiger partial charge in [0, 0.05) is 18.5 Å². The zero-order valence-corrected chi connectivity index (χ0v) is 10.7. The molecule has 0 spiro atoms. The number of hydrogen-bond donors (Lipinski definition) is 0. The van der Waals surface area contributed by atoms with E-state index in [4.69, 9.17) is 4.74 Å². The Morgan fingerprint density at radius 2 is 1.67 bits per heavy atom. The first kappa shape index (κ1) is 12.7. The van der Waals surface area contributed by atoms with Gasteiger partial charge in [0.2, 0.25) is 0 Å². The van der Waals surface area contributed by atoms with Gasteiger partial charge >= 0.3 is 0 Å². The summed E-state index contributed by atoms with van der Waals surface area (Å²) in [7, 11) is 0. The molecule has 1 aromatic carbocycles. The maximum Gasteiger partial charge on any atom is 0.0469 e. The first-order chi connectivity index (χ1) is 7.43. The minimum Gasteiger partial charge on any atom is -0.381 e. The third-order valence-electron chi connectivity index (χ3n) is 2.27. The molecule has 15 heavy (non-hydrogen) atoms. The number of halogens is 1. The van der Waals surface area contributed by atoms with Gasteiger partial charge in [-0.25, -0.2) is 0 Å². The van der Waals surface area contributed by atoms with Crippen LogP contribution in [0, 0.1) is 0 Å². The Morgan fingerprint density at radius 3 is 2.40 bits per heavy atom. The third-order valence-corrected chi connectivity index (χ3v) is 2.83. The molecule has 0 aliphatic rings. The lowest BCUT2D eigenvalue weighted by Crippen LogP contribution is -1.98. The second kappa shape index (κ2) is 8.93. The standard InChI is InChI=1S/C13H19BrO/c14-10-4-5-11-15-12-6-9-13-7-2-1-3-8-13/h1-3,7-8H,4-6,9-12H2. The molecule has 0 unspecified atom stereocenters. The van der Waals surface area contributed by atoms with Crippen molar-refractivity contribution in [2.45, 2.75) is 25.7 Å². The van der Waals surface area contributed by atoms with Gasteiger partial charge in [0.1, 0.15) is 0 Å². The minimum atomic E-state index is 0.886. The summed E-state index contributed by atoms with van der Waals surface area (Å²) in [5, 5.41) is 1.08. The van der Waals surface area contributed by atoms with Crippen LogP contribution in [-0.4, -0.2) is 18.5 Å². The van der Waals surface area contributed by atoms with Crippen molar-refractivity contribution < 1.29 is 4.74 Å². The molecule has 1 aromatic rings. The summed E-state index contributed by atoms with van der Waals surface area (Å²) in [6.45, 7) is 1.79. The lowest BCUT2D eigenvalue weighted by molar-refractivity contribution is 0.129. The zero-order valence-electron chi connectivity index (χ0n) is 9.12. The van der Waals surface area contributed by atoms with Gasteiger partial charge in [-0.15, -0.1) is 0 Å². The lowest BCUT2D eigenvalue weighted by Gasteiger charge is -2.03. The highest BCUT2D eigenvalue weighted by atomic mass is 79.9. The van der Waals surface area contributed by atoms with Gasteiger partial charge in [0.15, 0.2) is 0 Å². The second-order valence-electron chi connectivity index (χ2n) is 3.60. The maximum absolute atomic E-state index is 5.54. The maximum atomic E-state index is 5.54. The van der Waals surface area contributed by atoms with Crippen LogP contribution in [0.3, 0.4) is 0 Å². The molecular formula is C13H19BrO. The van der Waals surface area contributed by atoms with Gasteiger partial charge < -0.3 is 4.74 Å². The molecule has 0 aromatic heterocycles.